The molecule has 0 aromatic rings. The van der Waals surface area contributed by atoms with Crippen LogP contribution >= 0.6 is 0 Å². The molecule has 0 rings (SSSR count). The highest BCUT2D eigenvalue weighted by atomic mass is 16.2. The third-order valence-corrected chi connectivity index (χ3v) is 3.49. The fraction of sp³-hybridized carbons (Fsp3) is 0.846. The summed E-state index contributed by atoms with van der Waals surface area (Å²) < 4.78 is 0. The Labute approximate surface area is 104 Å². The Bertz CT molecular complexity index is 282. The molecule has 4 heteroatoms. The lowest BCUT2D eigenvalue weighted by Crippen LogP contribution is -2.46. The summed E-state index contributed by atoms with van der Waals surface area (Å²) in [6, 6.07) is 0.0594. The van der Waals surface area contributed by atoms with Gasteiger partial charge in [-0.1, -0.05) is 34.6 Å². The number of amides is 2. The molecular weight excluding hydrogens is 216 g/mol. The zero-order chi connectivity index (χ0) is 13.8. The summed E-state index contributed by atoms with van der Waals surface area (Å²) in [6.07, 6.45) is 0.618. The Morgan fingerprint density at radius 1 is 1.24 bits per heavy atom. The molecule has 0 aliphatic heterocycles. The Morgan fingerprint density at radius 2 is 1.71 bits per heavy atom. The van der Waals surface area contributed by atoms with Crippen molar-refractivity contribution in [1.82, 2.24) is 5.32 Å². The third-order valence-electron chi connectivity index (χ3n) is 3.49. The van der Waals surface area contributed by atoms with E-state index in [1.54, 1.807) is 6.92 Å². The number of rotatable bonds is 5. The number of carbonyl (C=O) groups excluding carboxylic acids is 2. The van der Waals surface area contributed by atoms with Gasteiger partial charge in [-0.3, -0.25) is 9.59 Å². The molecule has 4 nitrogen and oxygen atoms in total. The van der Waals surface area contributed by atoms with Crippen LogP contribution in [0.3, 0.4) is 0 Å². The zero-order valence-corrected chi connectivity index (χ0v) is 11.8. The van der Waals surface area contributed by atoms with Crippen LogP contribution in [0.4, 0.5) is 0 Å². The van der Waals surface area contributed by atoms with E-state index in [1.165, 1.54) is 0 Å². The first-order valence-corrected chi connectivity index (χ1v) is 6.21. The number of hydrogen-bond donors (Lipinski definition) is 2. The van der Waals surface area contributed by atoms with Crippen LogP contribution in [0.1, 0.15) is 48.0 Å². The van der Waals surface area contributed by atoms with Crippen molar-refractivity contribution in [2.24, 2.45) is 23.0 Å². The third kappa shape index (κ3) is 4.75. The molecule has 3 N–H and O–H groups in total. The summed E-state index contributed by atoms with van der Waals surface area (Å²) in [5.41, 5.74) is 5.25. The van der Waals surface area contributed by atoms with E-state index >= 15 is 0 Å². The van der Waals surface area contributed by atoms with Gasteiger partial charge in [-0.25, -0.2) is 0 Å². The molecular formula is C13H26N2O2. The standard InChI is InChI=1S/C13H26N2O2/c1-7-10(8(2)11(14)16)12(17)15-9(3)13(4,5)6/h8-10H,7H2,1-6H3,(H2,14,16)(H,15,17). The molecule has 0 spiro atoms. The quantitative estimate of drug-likeness (QED) is 0.770. The van der Waals surface area contributed by atoms with Crippen molar-refractivity contribution < 1.29 is 9.59 Å². The molecule has 0 fully saturated rings. The van der Waals surface area contributed by atoms with Gasteiger partial charge in [-0.15, -0.1) is 0 Å². The molecule has 0 aromatic heterocycles. The van der Waals surface area contributed by atoms with Crippen molar-refractivity contribution in [3.8, 4) is 0 Å². The van der Waals surface area contributed by atoms with E-state index in [-0.39, 0.29) is 23.3 Å². The Balaban J connectivity index is 4.62. The molecule has 0 aromatic carbocycles. The smallest absolute Gasteiger partial charge is 0.224 e. The van der Waals surface area contributed by atoms with Gasteiger partial charge in [-0.2, -0.15) is 0 Å². The van der Waals surface area contributed by atoms with Crippen LogP contribution < -0.4 is 11.1 Å². The van der Waals surface area contributed by atoms with Crippen molar-refractivity contribution in [3.63, 3.8) is 0 Å². The highest BCUT2D eigenvalue weighted by molar-refractivity contribution is 5.86. The minimum atomic E-state index is -0.424. The van der Waals surface area contributed by atoms with Gasteiger partial charge >= 0.3 is 0 Å². The van der Waals surface area contributed by atoms with E-state index in [0.717, 1.165) is 0 Å². The maximum absolute atomic E-state index is 12.1. The molecule has 0 radical (unpaired) electrons. The number of nitrogens with one attached hydrogen (secondary N) is 1. The van der Waals surface area contributed by atoms with Crippen molar-refractivity contribution in [2.45, 2.75) is 54.0 Å². The highest BCUT2D eigenvalue weighted by Gasteiger charge is 2.30. The molecule has 0 saturated carbocycles. The summed E-state index contributed by atoms with van der Waals surface area (Å²) in [5, 5.41) is 2.96. The van der Waals surface area contributed by atoms with E-state index < -0.39 is 11.8 Å². The van der Waals surface area contributed by atoms with Gasteiger partial charge < -0.3 is 11.1 Å². The van der Waals surface area contributed by atoms with Crippen molar-refractivity contribution in [1.29, 1.82) is 0 Å². The predicted molar refractivity (Wildman–Crippen MR) is 69.2 cm³/mol. The summed E-state index contributed by atoms with van der Waals surface area (Å²) in [6.45, 7) is 11.8. The SMILES string of the molecule is CCC(C(=O)NC(C)C(C)(C)C)C(C)C(N)=O. The van der Waals surface area contributed by atoms with E-state index in [9.17, 15) is 9.59 Å². The second-order valence-electron chi connectivity index (χ2n) is 5.80. The van der Waals surface area contributed by atoms with Crippen LogP contribution in [0.25, 0.3) is 0 Å². The molecule has 0 bridgehead atoms. The number of hydrogen-bond acceptors (Lipinski definition) is 2. The minimum absolute atomic E-state index is 0.00388. The van der Waals surface area contributed by atoms with Gasteiger partial charge in [0.15, 0.2) is 0 Å². The van der Waals surface area contributed by atoms with Crippen LogP contribution in [0, 0.1) is 17.3 Å². The van der Waals surface area contributed by atoms with Crippen LogP contribution in [0.5, 0.6) is 0 Å². The summed E-state index contributed by atoms with van der Waals surface area (Å²) in [7, 11) is 0. The van der Waals surface area contributed by atoms with E-state index in [0.29, 0.717) is 6.42 Å². The van der Waals surface area contributed by atoms with E-state index in [1.807, 2.05) is 13.8 Å². The number of nitrogens with two attached hydrogens (primary N) is 1. The molecule has 100 valence electrons. The first-order chi connectivity index (χ1) is 7.61. The summed E-state index contributed by atoms with van der Waals surface area (Å²) in [4.78, 5) is 23.2. The molecule has 0 aliphatic rings. The summed E-state index contributed by atoms with van der Waals surface area (Å²) >= 11 is 0. The predicted octanol–water partition coefficient (Wildman–Crippen LogP) is 1.68. The maximum atomic E-state index is 12.1. The van der Waals surface area contributed by atoms with Crippen molar-refractivity contribution in [3.05, 3.63) is 0 Å². The van der Waals surface area contributed by atoms with Crippen LogP contribution in [-0.4, -0.2) is 17.9 Å². The average Bonchev–Trinajstić information content (AvgIpc) is 2.16. The lowest BCUT2D eigenvalue weighted by Gasteiger charge is -2.30. The molecule has 0 heterocycles. The fourth-order valence-corrected chi connectivity index (χ4v) is 1.50. The lowest BCUT2D eigenvalue weighted by molar-refractivity contribution is -0.133. The Kier molecular flexibility index (Phi) is 5.66. The maximum Gasteiger partial charge on any atom is 0.224 e. The molecule has 17 heavy (non-hydrogen) atoms. The van der Waals surface area contributed by atoms with Gasteiger partial charge in [0.2, 0.25) is 11.8 Å². The monoisotopic (exact) mass is 242 g/mol. The van der Waals surface area contributed by atoms with E-state index in [4.69, 9.17) is 5.73 Å². The molecule has 3 unspecified atom stereocenters. The van der Waals surface area contributed by atoms with Gasteiger partial charge in [0.05, 0.1) is 0 Å². The van der Waals surface area contributed by atoms with Crippen LogP contribution in [0.15, 0.2) is 0 Å². The van der Waals surface area contributed by atoms with Crippen LogP contribution in [-0.2, 0) is 9.59 Å². The fourth-order valence-electron chi connectivity index (χ4n) is 1.50. The molecule has 3 atom stereocenters. The van der Waals surface area contributed by atoms with Gasteiger partial charge in [0.1, 0.15) is 0 Å². The van der Waals surface area contributed by atoms with Crippen molar-refractivity contribution >= 4 is 11.8 Å². The number of carbonyl (C=O) groups is 2. The highest BCUT2D eigenvalue weighted by Crippen LogP contribution is 2.21. The minimum Gasteiger partial charge on any atom is -0.369 e. The second-order valence-corrected chi connectivity index (χ2v) is 5.80. The first-order valence-electron chi connectivity index (χ1n) is 6.21. The number of primary amides is 1. The first kappa shape index (κ1) is 15.9. The Hall–Kier alpha value is -1.06. The van der Waals surface area contributed by atoms with Gasteiger partial charge in [0.25, 0.3) is 0 Å². The van der Waals surface area contributed by atoms with Crippen molar-refractivity contribution in [2.75, 3.05) is 0 Å². The van der Waals surface area contributed by atoms with Gasteiger partial charge in [-0.05, 0) is 18.8 Å². The van der Waals surface area contributed by atoms with Gasteiger partial charge in [0, 0.05) is 17.9 Å². The topological polar surface area (TPSA) is 72.2 Å². The average molecular weight is 242 g/mol. The molecule has 2 amide bonds. The lowest BCUT2D eigenvalue weighted by atomic mass is 9.86. The molecule has 0 aliphatic carbocycles. The Morgan fingerprint density at radius 3 is 2.00 bits per heavy atom. The normalized spacial score (nSPS) is 17.1. The van der Waals surface area contributed by atoms with Crippen LogP contribution in [0.2, 0.25) is 0 Å². The molecule has 0 saturated heterocycles. The summed E-state index contributed by atoms with van der Waals surface area (Å²) in [5.74, 6) is -1.26. The zero-order valence-electron chi connectivity index (χ0n) is 11.8. The van der Waals surface area contributed by atoms with E-state index in [2.05, 4.69) is 26.1 Å². The largest absolute Gasteiger partial charge is 0.369 e. The second kappa shape index (κ2) is 6.03.